The first-order chi connectivity index (χ1) is 11.6. The van der Waals surface area contributed by atoms with Crippen LogP contribution >= 0.6 is 22.9 Å². The highest BCUT2D eigenvalue weighted by Crippen LogP contribution is 2.37. The van der Waals surface area contributed by atoms with Crippen LogP contribution in [0.15, 0.2) is 40.2 Å². The van der Waals surface area contributed by atoms with Crippen molar-refractivity contribution in [3.8, 4) is 10.8 Å². The zero-order valence-electron chi connectivity index (χ0n) is 12.9. The predicted octanol–water partition coefficient (Wildman–Crippen LogP) is 4.28. The Bertz CT molecular complexity index is 871. The lowest BCUT2D eigenvalue weighted by Crippen LogP contribution is -2.25. The molecule has 3 aromatic rings. The van der Waals surface area contributed by atoms with Crippen LogP contribution in [0.3, 0.4) is 0 Å². The Morgan fingerprint density at radius 1 is 1.33 bits per heavy atom. The maximum absolute atomic E-state index is 12.5. The van der Waals surface area contributed by atoms with Gasteiger partial charge in [0.1, 0.15) is 0 Å². The van der Waals surface area contributed by atoms with E-state index in [0.29, 0.717) is 29.7 Å². The second-order valence-corrected chi connectivity index (χ2v) is 7.10. The van der Waals surface area contributed by atoms with Gasteiger partial charge in [0.15, 0.2) is 5.82 Å². The lowest BCUT2D eigenvalue weighted by Gasteiger charge is -2.20. The van der Waals surface area contributed by atoms with Gasteiger partial charge in [-0.15, -0.1) is 11.3 Å². The van der Waals surface area contributed by atoms with Crippen LogP contribution in [0.1, 0.15) is 23.7 Å². The minimum absolute atomic E-state index is 0.0265. The third kappa shape index (κ3) is 2.61. The number of para-hydroxylation sites is 1. The van der Waals surface area contributed by atoms with Crippen LogP contribution in [-0.4, -0.2) is 22.6 Å². The smallest absolute Gasteiger partial charge is 0.267 e. The Hall–Kier alpha value is -2.18. The molecule has 7 heteroatoms. The van der Waals surface area contributed by atoms with Crippen molar-refractivity contribution in [3.05, 3.63) is 52.1 Å². The molecule has 0 radical (unpaired) electrons. The summed E-state index contributed by atoms with van der Waals surface area (Å²) in [7, 11) is 0. The van der Waals surface area contributed by atoms with Crippen molar-refractivity contribution in [3.63, 3.8) is 0 Å². The summed E-state index contributed by atoms with van der Waals surface area (Å²) in [5.74, 6) is 1.00. The number of aryl methyl sites for hydroxylation is 1. The summed E-state index contributed by atoms with van der Waals surface area (Å²) < 4.78 is 5.34. The summed E-state index contributed by atoms with van der Waals surface area (Å²) in [6, 6.07) is 9.50. The van der Waals surface area contributed by atoms with Crippen LogP contribution in [0.2, 0.25) is 5.02 Å². The summed E-state index contributed by atoms with van der Waals surface area (Å²) in [5.41, 5.74) is 1.75. The Labute approximate surface area is 147 Å². The molecule has 24 heavy (non-hydrogen) atoms. The molecule has 122 valence electrons. The van der Waals surface area contributed by atoms with Gasteiger partial charge in [0.05, 0.1) is 15.6 Å². The summed E-state index contributed by atoms with van der Waals surface area (Å²) in [5, 5.41) is 6.61. The van der Waals surface area contributed by atoms with Crippen LogP contribution < -0.4 is 4.90 Å². The number of nitrogens with zero attached hydrogens (tertiary/aromatic N) is 3. The summed E-state index contributed by atoms with van der Waals surface area (Å²) >= 11 is 7.84. The first-order valence-electron chi connectivity index (χ1n) is 7.56. The van der Waals surface area contributed by atoms with Gasteiger partial charge >= 0.3 is 0 Å². The highest BCUT2D eigenvalue weighted by molar-refractivity contribution is 7.13. The van der Waals surface area contributed by atoms with E-state index in [0.717, 1.165) is 16.1 Å². The molecule has 5 nitrogen and oxygen atoms in total. The van der Waals surface area contributed by atoms with Gasteiger partial charge in [-0.25, -0.2) is 0 Å². The number of aromatic nitrogens is 2. The number of halogens is 1. The van der Waals surface area contributed by atoms with Crippen molar-refractivity contribution in [1.82, 2.24) is 10.1 Å². The van der Waals surface area contributed by atoms with Crippen LogP contribution in [0, 0.1) is 6.92 Å². The molecule has 1 saturated heterocycles. The van der Waals surface area contributed by atoms with Gasteiger partial charge < -0.3 is 9.42 Å². The van der Waals surface area contributed by atoms with Crippen molar-refractivity contribution in [2.75, 3.05) is 11.4 Å². The molecule has 0 saturated carbocycles. The third-order valence-corrected chi connectivity index (χ3v) is 5.29. The maximum Gasteiger partial charge on any atom is 0.267 e. The highest BCUT2D eigenvalue weighted by Gasteiger charge is 2.36. The molecule has 0 N–H and O–H groups in total. The molecule has 3 heterocycles. The fraction of sp³-hybridized carbons (Fsp3) is 0.235. The topological polar surface area (TPSA) is 59.2 Å². The average Bonchev–Trinajstić information content (AvgIpc) is 3.26. The minimum atomic E-state index is -0.0920. The molecule has 4 rings (SSSR count). The van der Waals surface area contributed by atoms with E-state index in [1.807, 2.05) is 36.6 Å². The molecular formula is C17H14ClN3O2S. The van der Waals surface area contributed by atoms with Crippen molar-refractivity contribution in [1.29, 1.82) is 0 Å². The first-order valence-corrected chi connectivity index (χ1v) is 8.82. The third-order valence-electron chi connectivity index (χ3n) is 4.12. The van der Waals surface area contributed by atoms with Gasteiger partial charge in [0.2, 0.25) is 5.91 Å². The number of amides is 1. The highest BCUT2D eigenvalue weighted by atomic mass is 35.5. The number of hydrogen-bond donors (Lipinski definition) is 0. The van der Waals surface area contributed by atoms with Gasteiger partial charge in [0.25, 0.3) is 5.89 Å². The minimum Gasteiger partial charge on any atom is -0.333 e. The number of carbonyl (C=O) groups is 1. The van der Waals surface area contributed by atoms with Crippen LogP contribution in [-0.2, 0) is 4.79 Å². The van der Waals surface area contributed by atoms with Crippen molar-refractivity contribution < 1.29 is 9.32 Å². The molecule has 2 aromatic heterocycles. The first kappa shape index (κ1) is 15.4. The van der Waals surface area contributed by atoms with Gasteiger partial charge in [-0.1, -0.05) is 35.0 Å². The van der Waals surface area contributed by atoms with Crippen LogP contribution in [0.25, 0.3) is 10.8 Å². The van der Waals surface area contributed by atoms with Crippen LogP contribution in [0.5, 0.6) is 0 Å². The molecule has 1 aromatic carbocycles. The molecule has 1 aliphatic heterocycles. The molecule has 1 aliphatic rings. The molecular weight excluding hydrogens is 346 g/mol. The summed E-state index contributed by atoms with van der Waals surface area (Å²) in [4.78, 5) is 19.6. The van der Waals surface area contributed by atoms with Gasteiger partial charge in [-0.2, -0.15) is 4.98 Å². The second-order valence-electron chi connectivity index (χ2n) is 5.75. The van der Waals surface area contributed by atoms with Gasteiger partial charge in [-0.3, -0.25) is 4.79 Å². The van der Waals surface area contributed by atoms with E-state index in [9.17, 15) is 4.79 Å². The van der Waals surface area contributed by atoms with E-state index >= 15 is 0 Å². The monoisotopic (exact) mass is 359 g/mol. The number of carbonyl (C=O) groups excluding carboxylic acids is 1. The molecule has 0 bridgehead atoms. The fourth-order valence-electron chi connectivity index (χ4n) is 2.96. The standard InChI is InChI=1S/C17H14ClN3O2S/c1-10-4-2-5-12(18)15(10)21-9-11(8-14(21)22)16-19-17(23-20-16)13-6-3-7-24-13/h2-7,11H,8-9H2,1H3. The second kappa shape index (κ2) is 6.03. The molecule has 0 spiro atoms. The molecule has 1 atom stereocenters. The van der Waals surface area contributed by atoms with Crippen LogP contribution in [0.4, 0.5) is 5.69 Å². The van der Waals surface area contributed by atoms with E-state index in [2.05, 4.69) is 10.1 Å². The molecule has 1 unspecified atom stereocenters. The Balaban J connectivity index is 1.61. The normalized spacial score (nSPS) is 17.7. The number of benzene rings is 1. The van der Waals surface area contributed by atoms with E-state index in [1.54, 1.807) is 22.3 Å². The lowest BCUT2D eigenvalue weighted by molar-refractivity contribution is -0.117. The molecule has 1 fully saturated rings. The maximum atomic E-state index is 12.5. The van der Waals surface area contributed by atoms with Crippen molar-refractivity contribution in [2.45, 2.75) is 19.3 Å². The van der Waals surface area contributed by atoms with Crippen molar-refractivity contribution in [2.24, 2.45) is 0 Å². The lowest BCUT2D eigenvalue weighted by atomic mass is 10.1. The molecule has 1 amide bonds. The SMILES string of the molecule is Cc1cccc(Cl)c1N1CC(c2noc(-c3cccs3)n2)CC1=O. The van der Waals surface area contributed by atoms with E-state index in [-0.39, 0.29) is 11.8 Å². The average molecular weight is 360 g/mol. The van der Waals surface area contributed by atoms with Crippen molar-refractivity contribution >= 4 is 34.5 Å². The largest absolute Gasteiger partial charge is 0.333 e. The number of rotatable bonds is 3. The summed E-state index contributed by atoms with van der Waals surface area (Å²) in [6.07, 6.45) is 0.355. The fourth-order valence-corrected chi connectivity index (χ4v) is 3.93. The zero-order valence-corrected chi connectivity index (χ0v) is 14.5. The Kier molecular flexibility index (Phi) is 3.86. The zero-order chi connectivity index (χ0) is 16.7. The molecule has 0 aliphatic carbocycles. The van der Waals surface area contributed by atoms with E-state index in [1.165, 1.54) is 0 Å². The Morgan fingerprint density at radius 3 is 2.96 bits per heavy atom. The number of hydrogen-bond acceptors (Lipinski definition) is 5. The summed E-state index contributed by atoms with van der Waals surface area (Å²) in [6.45, 7) is 2.46. The van der Waals surface area contributed by atoms with Gasteiger partial charge in [-0.05, 0) is 30.0 Å². The van der Waals surface area contributed by atoms with E-state index in [4.69, 9.17) is 16.1 Å². The number of thiophene rings is 1. The predicted molar refractivity (Wildman–Crippen MR) is 93.5 cm³/mol. The Morgan fingerprint density at radius 2 is 2.21 bits per heavy atom. The van der Waals surface area contributed by atoms with E-state index < -0.39 is 0 Å². The quantitative estimate of drug-likeness (QED) is 0.700. The number of anilines is 1. The van der Waals surface area contributed by atoms with Gasteiger partial charge in [0, 0.05) is 18.9 Å².